The predicted molar refractivity (Wildman–Crippen MR) is 130 cm³/mol. The van der Waals surface area contributed by atoms with Gasteiger partial charge in [0.1, 0.15) is 17.8 Å². The molecule has 0 aliphatic rings. The molecule has 2 aromatic heterocycles. The number of hydrogen-bond donors (Lipinski definition) is 2. The van der Waals surface area contributed by atoms with Gasteiger partial charge in [-0.05, 0) is 48.0 Å². The fraction of sp³-hybridized carbons (Fsp3) is 0.167. The molecule has 12 heteroatoms. The number of benzene rings is 2. The minimum Gasteiger partial charge on any atom is -0.437 e. The van der Waals surface area contributed by atoms with Gasteiger partial charge in [0, 0.05) is 38.2 Å². The standard InChI is InChI=1S/C24H20ClF3N6O2/c1-34(2)16-5-6-17-19(10-16)31-13-32-22(17)36-20-7-4-15(9-18(20)25)33-23(35)30-12-14-3-8-21(29-11-14)24(26,27)28/h3-11,13H,12H2,1-2H3,(H2,30,33,35). The molecule has 2 heterocycles. The molecule has 0 unspecified atom stereocenters. The normalized spacial score (nSPS) is 11.3. The van der Waals surface area contributed by atoms with Crippen LogP contribution in [0.25, 0.3) is 10.9 Å². The Labute approximate surface area is 209 Å². The topological polar surface area (TPSA) is 92.3 Å². The van der Waals surface area contributed by atoms with Gasteiger partial charge >= 0.3 is 12.2 Å². The lowest BCUT2D eigenvalue weighted by atomic mass is 10.2. The summed E-state index contributed by atoms with van der Waals surface area (Å²) >= 11 is 6.36. The number of nitrogens with one attached hydrogen (secondary N) is 2. The third-order valence-corrected chi connectivity index (χ3v) is 5.36. The number of alkyl halides is 3. The number of urea groups is 1. The molecule has 0 radical (unpaired) electrons. The van der Waals surface area contributed by atoms with Crippen LogP contribution in [-0.4, -0.2) is 35.1 Å². The van der Waals surface area contributed by atoms with E-state index in [1.165, 1.54) is 18.5 Å². The zero-order valence-corrected chi connectivity index (χ0v) is 19.9. The fourth-order valence-corrected chi connectivity index (χ4v) is 3.42. The zero-order chi connectivity index (χ0) is 25.9. The monoisotopic (exact) mass is 516 g/mol. The van der Waals surface area contributed by atoms with E-state index in [0.717, 1.165) is 18.0 Å². The van der Waals surface area contributed by atoms with Crippen LogP contribution >= 0.6 is 11.6 Å². The second kappa shape index (κ2) is 10.2. The quantitative estimate of drug-likeness (QED) is 0.332. The molecule has 2 N–H and O–H groups in total. The molecule has 0 atom stereocenters. The summed E-state index contributed by atoms with van der Waals surface area (Å²) in [5, 5.41) is 6.09. The Morgan fingerprint density at radius 3 is 2.53 bits per heavy atom. The SMILES string of the molecule is CN(C)c1ccc2c(Oc3ccc(NC(=O)NCc4ccc(C(F)(F)F)nc4)cc3Cl)ncnc2c1. The number of fused-ring (bicyclic) bond motifs is 1. The maximum Gasteiger partial charge on any atom is 0.433 e. The van der Waals surface area contributed by atoms with Gasteiger partial charge < -0.3 is 20.3 Å². The molecule has 2 aromatic carbocycles. The molecule has 0 aliphatic carbocycles. The van der Waals surface area contributed by atoms with Crippen molar-refractivity contribution in [2.24, 2.45) is 0 Å². The first-order valence-electron chi connectivity index (χ1n) is 10.6. The molecule has 4 aromatic rings. The second-order valence-electron chi connectivity index (χ2n) is 7.88. The fourth-order valence-electron chi connectivity index (χ4n) is 3.20. The molecule has 186 valence electrons. The van der Waals surface area contributed by atoms with E-state index >= 15 is 0 Å². The molecule has 4 rings (SSSR count). The lowest BCUT2D eigenvalue weighted by Crippen LogP contribution is -2.28. The van der Waals surface area contributed by atoms with Gasteiger partial charge in [-0.15, -0.1) is 0 Å². The van der Waals surface area contributed by atoms with Gasteiger partial charge in [0.2, 0.25) is 5.88 Å². The van der Waals surface area contributed by atoms with E-state index in [9.17, 15) is 18.0 Å². The second-order valence-corrected chi connectivity index (χ2v) is 8.29. The van der Waals surface area contributed by atoms with Crippen molar-refractivity contribution in [3.8, 4) is 11.6 Å². The molecule has 36 heavy (non-hydrogen) atoms. The molecule has 0 aliphatic heterocycles. The van der Waals surface area contributed by atoms with E-state index in [0.29, 0.717) is 33.8 Å². The zero-order valence-electron chi connectivity index (χ0n) is 19.1. The van der Waals surface area contributed by atoms with E-state index in [2.05, 4.69) is 25.6 Å². The van der Waals surface area contributed by atoms with Gasteiger partial charge in [-0.25, -0.2) is 14.8 Å². The maximum absolute atomic E-state index is 12.6. The van der Waals surface area contributed by atoms with Crippen molar-refractivity contribution in [3.05, 3.63) is 77.3 Å². The van der Waals surface area contributed by atoms with Gasteiger partial charge in [0.25, 0.3) is 0 Å². The van der Waals surface area contributed by atoms with Crippen molar-refractivity contribution in [2.75, 3.05) is 24.3 Å². The maximum atomic E-state index is 12.6. The molecular weight excluding hydrogens is 497 g/mol. The Balaban J connectivity index is 1.39. The van der Waals surface area contributed by atoms with E-state index in [4.69, 9.17) is 16.3 Å². The number of rotatable bonds is 6. The summed E-state index contributed by atoms with van der Waals surface area (Å²) in [7, 11) is 3.86. The molecule has 2 amide bonds. The Morgan fingerprint density at radius 1 is 1.06 bits per heavy atom. The Hall–Kier alpha value is -4.12. The highest BCUT2D eigenvalue weighted by molar-refractivity contribution is 6.32. The third-order valence-electron chi connectivity index (χ3n) is 5.06. The van der Waals surface area contributed by atoms with Crippen LogP contribution in [0.2, 0.25) is 5.02 Å². The van der Waals surface area contributed by atoms with Crippen molar-refractivity contribution in [3.63, 3.8) is 0 Å². The number of carbonyl (C=O) groups is 1. The first kappa shape index (κ1) is 25.0. The van der Waals surface area contributed by atoms with Gasteiger partial charge in [0.15, 0.2) is 0 Å². The lowest BCUT2D eigenvalue weighted by molar-refractivity contribution is -0.141. The molecule has 0 spiro atoms. The summed E-state index contributed by atoms with van der Waals surface area (Å²) in [5.74, 6) is 0.658. The summed E-state index contributed by atoms with van der Waals surface area (Å²) in [6.45, 7) is -0.0117. The van der Waals surface area contributed by atoms with Gasteiger partial charge in [-0.3, -0.25) is 4.98 Å². The van der Waals surface area contributed by atoms with Crippen LogP contribution in [-0.2, 0) is 12.7 Å². The summed E-state index contributed by atoms with van der Waals surface area (Å²) in [4.78, 5) is 26.0. The van der Waals surface area contributed by atoms with E-state index in [1.807, 2.05) is 37.2 Å². The number of amides is 2. The van der Waals surface area contributed by atoms with Crippen LogP contribution in [0, 0.1) is 0 Å². The van der Waals surface area contributed by atoms with E-state index < -0.39 is 17.9 Å². The van der Waals surface area contributed by atoms with Gasteiger partial charge in [0.05, 0.1) is 15.9 Å². The van der Waals surface area contributed by atoms with Crippen molar-refractivity contribution < 1.29 is 22.7 Å². The van der Waals surface area contributed by atoms with E-state index in [1.54, 1.807) is 12.1 Å². The number of carbonyl (C=O) groups excluding carboxylic acids is 1. The minimum atomic E-state index is -4.52. The first-order chi connectivity index (χ1) is 17.1. The molecule has 0 fully saturated rings. The summed E-state index contributed by atoms with van der Waals surface area (Å²) < 4.78 is 43.7. The highest BCUT2D eigenvalue weighted by Crippen LogP contribution is 2.34. The van der Waals surface area contributed by atoms with E-state index in [-0.39, 0.29) is 11.6 Å². The van der Waals surface area contributed by atoms with Crippen LogP contribution in [0.3, 0.4) is 0 Å². The van der Waals surface area contributed by atoms with Gasteiger partial charge in [-0.2, -0.15) is 13.2 Å². The number of anilines is 2. The average molecular weight is 517 g/mol. The number of aromatic nitrogens is 3. The summed E-state index contributed by atoms with van der Waals surface area (Å²) in [6.07, 6.45) is -2.06. The number of pyridine rings is 1. The van der Waals surface area contributed by atoms with Crippen molar-refractivity contribution in [2.45, 2.75) is 12.7 Å². The van der Waals surface area contributed by atoms with Crippen LogP contribution in [0.1, 0.15) is 11.3 Å². The molecular formula is C24H20ClF3N6O2. The lowest BCUT2D eigenvalue weighted by Gasteiger charge is -2.14. The molecule has 8 nitrogen and oxygen atoms in total. The van der Waals surface area contributed by atoms with Crippen molar-refractivity contribution in [1.29, 1.82) is 0 Å². The molecule has 0 saturated carbocycles. The Bertz CT molecular complexity index is 1400. The number of ether oxygens (including phenoxy) is 1. The number of hydrogen-bond acceptors (Lipinski definition) is 6. The number of nitrogens with zero attached hydrogens (tertiary/aromatic N) is 4. The van der Waals surface area contributed by atoms with Crippen molar-refractivity contribution >= 4 is 39.9 Å². The first-order valence-corrected chi connectivity index (χ1v) is 10.9. The van der Waals surface area contributed by atoms with Gasteiger partial charge in [-0.1, -0.05) is 17.7 Å². The Morgan fingerprint density at radius 2 is 1.86 bits per heavy atom. The van der Waals surface area contributed by atoms with Crippen LogP contribution in [0.4, 0.5) is 29.3 Å². The minimum absolute atomic E-state index is 0.0117. The highest BCUT2D eigenvalue weighted by atomic mass is 35.5. The largest absolute Gasteiger partial charge is 0.437 e. The predicted octanol–water partition coefficient (Wildman–Crippen LogP) is 5.88. The smallest absolute Gasteiger partial charge is 0.433 e. The van der Waals surface area contributed by atoms with Crippen molar-refractivity contribution in [1.82, 2.24) is 20.3 Å². The summed E-state index contributed by atoms with van der Waals surface area (Å²) in [5.41, 5.74) is 1.49. The molecule has 0 bridgehead atoms. The van der Waals surface area contributed by atoms with Crippen LogP contribution < -0.4 is 20.3 Å². The Kier molecular flexibility index (Phi) is 7.11. The number of halogens is 4. The summed E-state index contributed by atoms with van der Waals surface area (Å²) in [6, 6.07) is 11.9. The third kappa shape index (κ3) is 5.92. The molecule has 0 saturated heterocycles. The highest BCUT2D eigenvalue weighted by Gasteiger charge is 2.32. The average Bonchev–Trinajstić information content (AvgIpc) is 2.84. The van der Waals surface area contributed by atoms with Crippen LogP contribution in [0.5, 0.6) is 11.6 Å². The van der Waals surface area contributed by atoms with Crippen LogP contribution in [0.15, 0.2) is 61.1 Å².